The van der Waals surface area contributed by atoms with Crippen LogP contribution in [0.3, 0.4) is 0 Å². The molecule has 3 atom stereocenters. The van der Waals surface area contributed by atoms with Crippen LogP contribution >= 0.6 is 0 Å². The van der Waals surface area contributed by atoms with Gasteiger partial charge in [0, 0.05) is 6.42 Å². The van der Waals surface area contributed by atoms with Gasteiger partial charge in [-0.2, -0.15) is 0 Å². The molecule has 0 aliphatic heterocycles. The number of esters is 1. The third-order valence-electron chi connectivity index (χ3n) is 13.1. The predicted octanol–water partition coefficient (Wildman–Crippen LogP) is 18.0. The minimum atomic E-state index is -0.803. The van der Waals surface area contributed by atoms with E-state index in [9.17, 15) is 19.8 Å². The van der Waals surface area contributed by atoms with Gasteiger partial charge in [-0.25, -0.2) is 0 Å². The van der Waals surface area contributed by atoms with Crippen molar-refractivity contribution < 1.29 is 24.5 Å². The van der Waals surface area contributed by atoms with Gasteiger partial charge in [0.2, 0.25) is 5.91 Å². The summed E-state index contributed by atoms with van der Waals surface area (Å²) in [6.45, 7) is 6.45. The predicted molar refractivity (Wildman–Crippen MR) is 292 cm³/mol. The van der Waals surface area contributed by atoms with Gasteiger partial charge in [0.1, 0.15) is 6.10 Å². The van der Waals surface area contributed by atoms with E-state index >= 15 is 0 Å². The molecule has 0 aliphatic carbocycles. The molecule has 0 bridgehead atoms. The first kappa shape index (κ1) is 64.6. The molecule has 0 aliphatic rings. The molecule has 6 nitrogen and oxygen atoms in total. The molecule has 0 heterocycles. The van der Waals surface area contributed by atoms with E-state index in [0.717, 1.165) is 70.6 Å². The summed E-state index contributed by atoms with van der Waals surface area (Å²) in [5.41, 5.74) is 0. The van der Waals surface area contributed by atoms with Crippen LogP contribution in [0.25, 0.3) is 0 Å². The minimum absolute atomic E-state index is 0.0393. The largest absolute Gasteiger partial charge is 0.462 e. The van der Waals surface area contributed by atoms with Crippen LogP contribution in [0.15, 0.2) is 60.8 Å². The van der Waals surface area contributed by atoms with E-state index < -0.39 is 18.2 Å². The number of ether oxygens (including phenoxy) is 1. The third kappa shape index (κ3) is 49.8. The minimum Gasteiger partial charge on any atom is -0.462 e. The van der Waals surface area contributed by atoms with Crippen molar-refractivity contribution in [1.82, 2.24) is 5.32 Å². The second-order valence-corrected chi connectivity index (χ2v) is 19.7. The van der Waals surface area contributed by atoms with Crippen LogP contribution in [0, 0.1) is 0 Å². The van der Waals surface area contributed by atoms with Crippen LogP contribution in [0.4, 0.5) is 0 Å². The van der Waals surface area contributed by atoms with Crippen LogP contribution < -0.4 is 5.32 Å². The molecule has 0 radical (unpaired) electrons. The van der Waals surface area contributed by atoms with Crippen molar-refractivity contribution >= 4 is 11.9 Å². The molecule has 0 aromatic carbocycles. The van der Waals surface area contributed by atoms with Crippen molar-refractivity contribution in [3.05, 3.63) is 60.8 Å². The van der Waals surface area contributed by atoms with Gasteiger partial charge < -0.3 is 20.3 Å². The molecule has 0 spiro atoms. The summed E-state index contributed by atoms with van der Waals surface area (Å²) < 4.78 is 5.94. The molecule has 0 aromatic heterocycles. The molecule has 0 aromatic rings. The van der Waals surface area contributed by atoms with Crippen molar-refractivity contribution in [2.75, 3.05) is 6.61 Å². The first-order chi connectivity index (χ1) is 33.0. The molecule has 67 heavy (non-hydrogen) atoms. The number of nitrogens with one attached hydrogen (secondary N) is 1. The smallest absolute Gasteiger partial charge is 0.306 e. The molecule has 0 fully saturated rings. The lowest BCUT2D eigenvalue weighted by Crippen LogP contribution is -2.46. The summed E-state index contributed by atoms with van der Waals surface area (Å²) in [4.78, 5) is 26.3. The van der Waals surface area contributed by atoms with Crippen molar-refractivity contribution in [1.29, 1.82) is 0 Å². The molecule has 390 valence electrons. The third-order valence-corrected chi connectivity index (χ3v) is 13.1. The number of carbonyl (C=O) groups is 2. The van der Waals surface area contributed by atoms with Gasteiger partial charge in [0.15, 0.2) is 0 Å². The van der Waals surface area contributed by atoms with Crippen molar-refractivity contribution in [2.45, 2.75) is 309 Å². The number of unbranched alkanes of at least 4 members (excludes halogenated alkanes) is 30. The molecular formula is C61H111NO5. The summed E-state index contributed by atoms with van der Waals surface area (Å²) in [5.74, 6) is -0.523. The highest BCUT2D eigenvalue weighted by Gasteiger charge is 2.24. The molecule has 6 heteroatoms. The number of hydrogen-bond acceptors (Lipinski definition) is 5. The Morgan fingerprint density at radius 3 is 1.22 bits per heavy atom. The van der Waals surface area contributed by atoms with E-state index in [0.29, 0.717) is 19.3 Å². The standard InChI is InChI=1S/C61H111NO5/c1-4-7-10-13-16-19-22-25-27-29-30-32-34-36-39-42-45-48-51-54-61(66)67-57(52-49-46-43-40-37-35-33-31-28-26-23-20-17-14-11-8-5-2)55-60(65)62-58(56-63)59(64)53-50-47-44-41-38-24-21-18-15-12-9-6-3/h17,20,25-28,33,35,40,43,57-59,63-64H,4-16,18-19,21-24,29-32,34,36-39,41-42,44-56H2,1-3H3,(H,62,65)/b20-17-,27-25+,28-26-,35-33-,43-40-. The molecule has 1 amide bonds. The summed E-state index contributed by atoms with van der Waals surface area (Å²) >= 11 is 0. The van der Waals surface area contributed by atoms with Gasteiger partial charge in [-0.05, 0) is 89.9 Å². The number of carbonyl (C=O) groups excluding carboxylic acids is 2. The maximum atomic E-state index is 13.3. The fourth-order valence-corrected chi connectivity index (χ4v) is 8.65. The monoisotopic (exact) mass is 938 g/mol. The quantitative estimate of drug-likeness (QED) is 0.0321. The number of rotatable bonds is 52. The Morgan fingerprint density at radius 2 is 0.776 bits per heavy atom. The van der Waals surface area contributed by atoms with Gasteiger partial charge in [-0.3, -0.25) is 9.59 Å². The molecular weight excluding hydrogens is 827 g/mol. The fraction of sp³-hybridized carbons (Fsp3) is 0.803. The van der Waals surface area contributed by atoms with E-state index in [1.807, 2.05) is 0 Å². The zero-order valence-corrected chi connectivity index (χ0v) is 44.5. The van der Waals surface area contributed by atoms with E-state index in [1.165, 1.54) is 173 Å². The highest BCUT2D eigenvalue weighted by molar-refractivity contribution is 5.77. The lowest BCUT2D eigenvalue weighted by atomic mass is 10.0. The Hall–Kier alpha value is -2.44. The maximum Gasteiger partial charge on any atom is 0.306 e. The van der Waals surface area contributed by atoms with Crippen molar-refractivity contribution in [3.63, 3.8) is 0 Å². The van der Waals surface area contributed by atoms with E-state index in [4.69, 9.17) is 4.74 Å². The van der Waals surface area contributed by atoms with Gasteiger partial charge in [0.25, 0.3) is 0 Å². The maximum absolute atomic E-state index is 13.3. The second kappa shape index (κ2) is 54.5. The molecule has 0 saturated carbocycles. The molecule has 0 saturated heterocycles. The van der Waals surface area contributed by atoms with Crippen LogP contribution in [0.2, 0.25) is 0 Å². The summed E-state index contributed by atoms with van der Waals surface area (Å²) in [5, 5.41) is 23.8. The van der Waals surface area contributed by atoms with E-state index in [1.54, 1.807) is 0 Å². The molecule has 3 unspecified atom stereocenters. The molecule has 0 rings (SSSR count). The first-order valence-corrected chi connectivity index (χ1v) is 29.0. The summed E-state index contributed by atoms with van der Waals surface area (Å²) in [6.07, 6.45) is 68.6. The summed E-state index contributed by atoms with van der Waals surface area (Å²) in [6, 6.07) is -0.720. The van der Waals surface area contributed by atoms with E-state index in [2.05, 4.69) is 86.8 Å². The highest BCUT2D eigenvalue weighted by atomic mass is 16.5. The zero-order valence-electron chi connectivity index (χ0n) is 44.5. The Morgan fingerprint density at radius 1 is 0.433 bits per heavy atom. The lowest BCUT2D eigenvalue weighted by molar-refractivity contribution is -0.151. The number of allylic oxidation sites excluding steroid dienone is 10. The number of hydrogen-bond donors (Lipinski definition) is 3. The molecule has 3 N–H and O–H groups in total. The van der Waals surface area contributed by atoms with Crippen molar-refractivity contribution in [3.8, 4) is 0 Å². The Labute approximate surface area is 416 Å². The average Bonchev–Trinajstić information content (AvgIpc) is 3.32. The highest BCUT2D eigenvalue weighted by Crippen LogP contribution is 2.17. The van der Waals surface area contributed by atoms with Crippen LogP contribution in [-0.2, 0) is 14.3 Å². The van der Waals surface area contributed by atoms with E-state index in [-0.39, 0.29) is 24.9 Å². The number of amides is 1. The second-order valence-electron chi connectivity index (χ2n) is 19.7. The van der Waals surface area contributed by atoms with Gasteiger partial charge in [0.05, 0.1) is 25.2 Å². The Bertz CT molecular complexity index is 1190. The zero-order chi connectivity index (χ0) is 48.8. The fourth-order valence-electron chi connectivity index (χ4n) is 8.65. The SMILES string of the molecule is CCCCC/C=C\C/C=C\C/C=C\C/C=C\CCCC(CC(=O)NC(CO)C(O)CCCCCCCCCCCCCC)OC(=O)CCCCCCCCCCC/C=C/CCCCCCCC. The Balaban J connectivity index is 4.63. The average molecular weight is 939 g/mol. The van der Waals surface area contributed by atoms with Crippen LogP contribution in [-0.4, -0.2) is 46.9 Å². The first-order valence-electron chi connectivity index (χ1n) is 29.0. The van der Waals surface area contributed by atoms with Gasteiger partial charge in [-0.1, -0.05) is 248 Å². The number of aliphatic hydroxyl groups excluding tert-OH is 2. The topological polar surface area (TPSA) is 95.9 Å². The van der Waals surface area contributed by atoms with Gasteiger partial charge >= 0.3 is 5.97 Å². The Kier molecular flexibility index (Phi) is 52.5. The summed E-state index contributed by atoms with van der Waals surface area (Å²) in [7, 11) is 0. The van der Waals surface area contributed by atoms with Gasteiger partial charge in [-0.15, -0.1) is 0 Å². The van der Waals surface area contributed by atoms with Crippen LogP contribution in [0.5, 0.6) is 0 Å². The van der Waals surface area contributed by atoms with Crippen LogP contribution in [0.1, 0.15) is 290 Å². The van der Waals surface area contributed by atoms with Crippen molar-refractivity contribution in [2.24, 2.45) is 0 Å². The normalized spacial score (nSPS) is 13.6. The number of aliphatic hydroxyl groups is 2. The lowest BCUT2D eigenvalue weighted by Gasteiger charge is -2.24.